The standard InChI is InChI=1S/C38H58N4O5/c1-3-4-18-32(38(47)40-33(26-29-16-10-6-11-17-29)36(45)35(44)30-19-20-30)39-37(46)31(25-28-14-8-5-9-15-28)27-34(43)41(2)23-24-42-21-12-7-13-22-42/h1,5,8-9,14-15,29-33,35-36,44-45H,4,6-7,10-13,16-27H2,2H3,(H,39,46)(H,40,47)/t31-,32+,33?,35+,36?/m1/s1. The number of benzene rings is 1. The number of carbonyl (C=O) groups is 3. The lowest BCUT2D eigenvalue weighted by atomic mass is 9.82. The summed E-state index contributed by atoms with van der Waals surface area (Å²) in [5.74, 6) is 1.43. The van der Waals surface area contributed by atoms with Gasteiger partial charge in [0.2, 0.25) is 17.7 Å². The van der Waals surface area contributed by atoms with Crippen molar-refractivity contribution in [2.45, 2.75) is 121 Å². The van der Waals surface area contributed by atoms with Gasteiger partial charge in [0, 0.05) is 33.0 Å². The average molecular weight is 651 g/mol. The third kappa shape index (κ3) is 12.2. The molecule has 4 rings (SSSR count). The fourth-order valence-corrected chi connectivity index (χ4v) is 7.21. The van der Waals surface area contributed by atoms with Gasteiger partial charge in [-0.05, 0) is 75.4 Å². The SMILES string of the molecule is C#CCC[C@H](NC(=O)[C@@H](CC(=O)N(C)CCN1CCCCC1)Cc1ccccc1)C(=O)NC(CC1CCCCC1)C(O)[C@@H](O)C1CC1. The molecule has 1 aromatic carbocycles. The van der Waals surface area contributed by atoms with Crippen LogP contribution in [0.5, 0.6) is 0 Å². The molecule has 1 heterocycles. The number of carbonyl (C=O) groups excluding carboxylic acids is 3. The lowest BCUT2D eigenvalue weighted by Gasteiger charge is -2.33. The van der Waals surface area contributed by atoms with Gasteiger partial charge in [-0.2, -0.15) is 0 Å². The van der Waals surface area contributed by atoms with Crippen molar-refractivity contribution in [3.63, 3.8) is 0 Å². The van der Waals surface area contributed by atoms with Crippen LogP contribution in [-0.2, 0) is 20.8 Å². The van der Waals surface area contributed by atoms with Crippen molar-refractivity contribution in [1.29, 1.82) is 0 Å². The van der Waals surface area contributed by atoms with Gasteiger partial charge in [0.25, 0.3) is 0 Å². The maximum Gasteiger partial charge on any atom is 0.242 e. The lowest BCUT2D eigenvalue weighted by Crippen LogP contribution is -2.56. The first-order valence-electron chi connectivity index (χ1n) is 18.2. The van der Waals surface area contributed by atoms with Crippen LogP contribution in [0.15, 0.2) is 30.3 Å². The van der Waals surface area contributed by atoms with E-state index in [9.17, 15) is 24.6 Å². The highest BCUT2D eigenvalue weighted by molar-refractivity contribution is 5.91. The van der Waals surface area contributed by atoms with Gasteiger partial charge >= 0.3 is 0 Å². The van der Waals surface area contributed by atoms with Crippen molar-refractivity contribution in [2.75, 3.05) is 33.2 Å². The van der Waals surface area contributed by atoms with Gasteiger partial charge in [0.1, 0.15) is 12.1 Å². The summed E-state index contributed by atoms with van der Waals surface area (Å²) in [4.78, 5) is 45.3. The van der Waals surface area contributed by atoms with Crippen LogP contribution in [0, 0.1) is 30.1 Å². The van der Waals surface area contributed by atoms with E-state index in [4.69, 9.17) is 6.42 Å². The molecule has 2 aliphatic carbocycles. The Morgan fingerprint density at radius 3 is 2.30 bits per heavy atom. The minimum Gasteiger partial charge on any atom is -0.390 e. The fourth-order valence-electron chi connectivity index (χ4n) is 7.21. The number of piperidine rings is 1. The van der Waals surface area contributed by atoms with Crippen molar-refractivity contribution in [3.05, 3.63) is 35.9 Å². The molecule has 3 amide bonds. The van der Waals surface area contributed by atoms with Gasteiger partial charge in [-0.1, -0.05) is 68.9 Å². The topological polar surface area (TPSA) is 122 Å². The van der Waals surface area contributed by atoms with Crippen LogP contribution in [-0.4, -0.2) is 95.3 Å². The van der Waals surface area contributed by atoms with E-state index in [1.807, 2.05) is 30.3 Å². The Morgan fingerprint density at radius 2 is 1.64 bits per heavy atom. The second-order valence-electron chi connectivity index (χ2n) is 14.3. The number of amides is 3. The van der Waals surface area contributed by atoms with Crippen molar-refractivity contribution in [2.24, 2.45) is 17.8 Å². The third-order valence-corrected chi connectivity index (χ3v) is 10.5. The van der Waals surface area contributed by atoms with E-state index in [-0.39, 0.29) is 37.0 Å². The number of likely N-dealkylation sites (N-methyl/N-ethyl adjacent to an activating group) is 1. The first-order chi connectivity index (χ1) is 22.7. The minimum absolute atomic E-state index is 0.0251. The van der Waals surface area contributed by atoms with E-state index in [1.54, 1.807) is 11.9 Å². The lowest BCUT2D eigenvalue weighted by molar-refractivity contribution is -0.137. The summed E-state index contributed by atoms with van der Waals surface area (Å²) in [6, 6.07) is 8.06. The van der Waals surface area contributed by atoms with E-state index >= 15 is 0 Å². The normalized spacial score (nSPS) is 20.6. The number of nitrogens with zero attached hydrogens (tertiary/aromatic N) is 2. The van der Waals surface area contributed by atoms with Crippen LogP contribution in [0.3, 0.4) is 0 Å². The van der Waals surface area contributed by atoms with E-state index < -0.39 is 36.1 Å². The number of hydrogen-bond acceptors (Lipinski definition) is 6. The van der Waals surface area contributed by atoms with E-state index in [0.29, 0.717) is 25.3 Å². The number of hydrogen-bond donors (Lipinski definition) is 4. The van der Waals surface area contributed by atoms with Gasteiger partial charge in [-0.3, -0.25) is 14.4 Å². The Labute approximate surface area is 282 Å². The summed E-state index contributed by atoms with van der Waals surface area (Å²) in [5.41, 5.74) is 0.936. The fraction of sp³-hybridized carbons (Fsp3) is 0.711. The minimum atomic E-state index is -1.08. The zero-order valence-electron chi connectivity index (χ0n) is 28.5. The predicted molar refractivity (Wildman–Crippen MR) is 184 cm³/mol. The first-order valence-corrected chi connectivity index (χ1v) is 18.2. The van der Waals surface area contributed by atoms with Crippen LogP contribution in [0.2, 0.25) is 0 Å². The molecule has 2 unspecified atom stereocenters. The molecule has 2 saturated carbocycles. The van der Waals surface area contributed by atoms with Gasteiger partial charge in [-0.15, -0.1) is 12.3 Å². The molecule has 0 spiro atoms. The molecule has 5 atom stereocenters. The molecular weight excluding hydrogens is 592 g/mol. The molecule has 3 fully saturated rings. The van der Waals surface area contributed by atoms with Crippen molar-refractivity contribution < 1.29 is 24.6 Å². The summed E-state index contributed by atoms with van der Waals surface area (Å²) in [7, 11) is 1.79. The van der Waals surface area contributed by atoms with Gasteiger partial charge in [0.05, 0.1) is 18.1 Å². The highest BCUT2D eigenvalue weighted by Gasteiger charge is 2.40. The van der Waals surface area contributed by atoms with Crippen molar-refractivity contribution in [3.8, 4) is 12.3 Å². The average Bonchev–Trinajstić information content (AvgIpc) is 3.95. The molecule has 1 aliphatic heterocycles. The molecule has 1 aromatic rings. The maximum atomic E-state index is 13.9. The number of aliphatic hydroxyl groups is 2. The van der Waals surface area contributed by atoms with E-state index in [2.05, 4.69) is 21.5 Å². The number of nitrogens with one attached hydrogen (secondary N) is 2. The zero-order valence-corrected chi connectivity index (χ0v) is 28.5. The molecule has 4 N–H and O–H groups in total. The van der Waals surface area contributed by atoms with E-state index in [1.165, 1.54) is 25.7 Å². The molecule has 1 saturated heterocycles. The van der Waals surface area contributed by atoms with E-state index in [0.717, 1.165) is 63.7 Å². The van der Waals surface area contributed by atoms with Gasteiger partial charge < -0.3 is 30.6 Å². The summed E-state index contributed by atoms with van der Waals surface area (Å²) in [6.07, 6.45) is 16.0. The summed E-state index contributed by atoms with van der Waals surface area (Å²) in [5, 5.41) is 28.0. The highest BCUT2D eigenvalue weighted by atomic mass is 16.3. The Morgan fingerprint density at radius 1 is 0.957 bits per heavy atom. The molecule has 47 heavy (non-hydrogen) atoms. The largest absolute Gasteiger partial charge is 0.390 e. The Bertz CT molecular complexity index is 1160. The summed E-state index contributed by atoms with van der Waals surface area (Å²) in [6.45, 7) is 3.53. The third-order valence-electron chi connectivity index (χ3n) is 10.5. The van der Waals surface area contributed by atoms with Crippen LogP contribution in [0.1, 0.15) is 95.5 Å². The molecule has 9 heteroatoms. The second-order valence-corrected chi connectivity index (χ2v) is 14.3. The second kappa shape index (κ2) is 19.2. The molecule has 3 aliphatic rings. The number of rotatable bonds is 18. The van der Waals surface area contributed by atoms with Crippen LogP contribution in [0.4, 0.5) is 0 Å². The molecule has 260 valence electrons. The first kappa shape index (κ1) is 36.9. The zero-order chi connectivity index (χ0) is 33.6. The molecule has 0 aromatic heterocycles. The quantitative estimate of drug-likeness (QED) is 0.180. The predicted octanol–water partition coefficient (Wildman–Crippen LogP) is 3.66. The Kier molecular flexibility index (Phi) is 15.0. The van der Waals surface area contributed by atoms with Crippen LogP contribution in [0.25, 0.3) is 0 Å². The summed E-state index contributed by atoms with van der Waals surface area (Å²) < 4.78 is 0. The van der Waals surface area contributed by atoms with Gasteiger partial charge in [0.15, 0.2) is 0 Å². The Hall–Kier alpha value is -2.93. The summed E-state index contributed by atoms with van der Waals surface area (Å²) >= 11 is 0. The highest BCUT2D eigenvalue weighted by Crippen LogP contribution is 2.36. The van der Waals surface area contributed by atoms with Crippen molar-refractivity contribution in [1.82, 2.24) is 20.4 Å². The van der Waals surface area contributed by atoms with Crippen molar-refractivity contribution >= 4 is 17.7 Å². The number of terminal acetylenes is 1. The van der Waals surface area contributed by atoms with Crippen LogP contribution < -0.4 is 10.6 Å². The monoisotopic (exact) mass is 650 g/mol. The molecule has 0 radical (unpaired) electrons. The Balaban J connectivity index is 1.44. The molecule has 0 bridgehead atoms. The van der Waals surface area contributed by atoms with Crippen LogP contribution >= 0.6 is 0 Å². The van der Waals surface area contributed by atoms with Gasteiger partial charge in [-0.25, -0.2) is 0 Å². The number of likely N-dealkylation sites (tertiary alicyclic amines) is 1. The molecule has 9 nitrogen and oxygen atoms in total. The molecular formula is C38H58N4O5. The smallest absolute Gasteiger partial charge is 0.242 e. The maximum absolute atomic E-state index is 13.9. The number of aliphatic hydroxyl groups excluding tert-OH is 2.